The molecule has 0 aromatic carbocycles. The second-order valence-electron chi connectivity index (χ2n) is 10.4. The van der Waals surface area contributed by atoms with Crippen molar-refractivity contribution in [1.29, 1.82) is 0 Å². The highest BCUT2D eigenvalue weighted by Crippen LogP contribution is 2.17. The van der Waals surface area contributed by atoms with E-state index in [-0.39, 0.29) is 11.9 Å². The molecule has 0 aliphatic carbocycles. The van der Waals surface area contributed by atoms with Crippen molar-refractivity contribution >= 4 is 28.7 Å². The van der Waals surface area contributed by atoms with E-state index in [0.717, 1.165) is 16.9 Å². The van der Waals surface area contributed by atoms with Crippen LogP contribution < -0.4 is 0 Å². The zero-order valence-electron chi connectivity index (χ0n) is 21.1. The molecule has 186 valence electrons. The number of carbonyl (C=O) groups excluding carboxylic acids is 2. The Morgan fingerprint density at radius 1 is 0.941 bits per heavy atom. The van der Waals surface area contributed by atoms with Crippen LogP contribution in [0.25, 0.3) is 16.8 Å². The average Bonchev–Trinajstić information content (AvgIpc) is 3.31. The third kappa shape index (κ3) is 7.51. The summed E-state index contributed by atoms with van der Waals surface area (Å²) in [5.74, 6) is -0.413. The van der Waals surface area contributed by atoms with Gasteiger partial charge in [-0.3, -0.25) is 18.9 Å². The predicted molar refractivity (Wildman–Crippen MR) is 128 cm³/mol. The summed E-state index contributed by atoms with van der Waals surface area (Å²) >= 11 is 0. The molecule has 0 radical (unpaired) electrons. The summed E-state index contributed by atoms with van der Waals surface area (Å²) in [6.07, 6.45) is 7.13. The fourth-order valence-corrected chi connectivity index (χ4v) is 3.67. The smallest absolute Gasteiger partial charge is 0.306 e. The third-order valence-corrected chi connectivity index (χ3v) is 4.95. The Balaban J connectivity index is 1.65. The Morgan fingerprint density at radius 2 is 1.53 bits per heavy atom. The quantitative estimate of drug-likeness (QED) is 0.445. The molecular formula is C24H36N6O4. The van der Waals surface area contributed by atoms with E-state index in [1.165, 1.54) is 0 Å². The largest absolute Gasteiger partial charge is 0.460 e. The van der Waals surface area contributed by atoms with Gasteiger partial charge in [-0.1, -0.05) is 0 Å². The summed E-state index contributed by atoms with van der Waals surface area (Å²) in [5, 5.41) is 0. The summed E-state index contributed by atoms with van der Waals surface area (Å²) in [4.78, 5) is 42.7. The van der Waals surface area contributed by atoms with Crippen LogP contribution in [0, 0.1) is 0 Å². The Labute approximate surface area is 200 Å². The van der Waals surface area contributed by atoms with Gasteiger partial charge in [0.1, 0.15) is 23.0 Å². The molecule has 34 heavy (non-hydrogen) atoms. The van der Waals surface area contributed by atoms with E-state index in [0.29, 0.717) is 51.0 Å². The normalized spacial score (nSPS) is 12.6. The van der Waals surface area contributed by atoms with Gasteiger partial charge in [-0.25, -0.2) is 15.0 Å². The monoisotopic (exact) mass is 472 g/mol. The van der Waals surface area contributed by atoms with E-state index < -0.39 is 11.2 Å². The van der Waals surface area contributed by atoms with E-state index >= 15 is 0 Å². The van der Waals surface area contributed by atoms with Gasteiger partial charge in [0.25, 0.3) is 0 Å². The number of esters is 2. The van der Waals surface area contributed by atoms with Crippen molar-refractivity contribution in [2.45, 2.75) is 85.0 Å². The Hall–Kier alpha value is -3.01. The number of H-pyrrole nitrogens is 1. The lowest BCUT2D eigenvalue weighted by Crippen LogP contribution is -2.29. The van der Waals surface area contributed by atoms with Crippen LogP contribution in [0.2, 0.25) is 0 Å². The first-order chi connectivity index (χ1) is 15.9. The van der Waals surface area contributed by atoms with Crippen LogP contribution in [0.15, 0.2) is 18.9 Å². The van der Waals surface area contributed by atoms with Gasteiger partial charge in [0, 0.05) is 19.4 Å². The molecule has 10 nitrogen and oxygen atoms in total. The third-order valence-electron chi connectivity index (χ3n) is 4.95. The van der Waals surface area contributed by atoms with Crippen LogP contribution in [-0.2, 0) is 25.6 Å². The standard InChI is InChI=1S/C24H36N6O4/c1-23(2,3)33-18(31)9-7-11-29(12-8-10-19(32)34-24(4,5)6)14-17-13-25-22-20-21(27-15-26-20)28-16-30(17)22/h13,15-16H,7-12,14H2,1-6H3,(H,26,27). The molecule has 1 N–H and O–H groups in total. The number of ether oxygens (including phenoxy) is 2. The fraction of sp³-hybridized carbons (Fsp3) is 0.625. The number of hydrogen-bond donors (Lipinski definition) is 1. The van der Waals surface area contributed by atoms with Crippen molar-refractivity contribution in [3.8, 4) is 0 Å². The van der Waals surface area contributed by atoms with Crippen molar-refractivity contribution in [2.24, 2.45) is 0 Å². The van der Waals surface area contributed by atoms with Crippen molar-refractivity contribution < 1.29 is 19.1 Å². The minimum atomic E-state index is -0.494. The fourth-order valence-electron chi connectivity index (χ4n) is 3.67. The van der Waals surface area contributed by atoms with E-state index in [1.807, 2.05) is 52.1 Å². The highest BCUT2D eigenvalue weighted by molar-refractivity contribution is 5.84. The van der Waals surface area contributed by atoms with Crippen LogP contribution in [0.1, 0.15) is 72.9 Å². The lowest BCUT2D eigenvalue weighted by Gasteiger charge is -2.23. The van der Waals surface area contributed by atoms with Gasteiger partial charge in [0.2, 0.25) is 0 Å². The number of fused-ring (bicyclic) bond motifs is 3. The number of nitrogens with zero attached hydrogens (tertiary/aromatic N) is 5. The maximum Gasteiger partial charge on any atom is 0.306 e. The summed E-state index contributed by atoms with van der Waals surface area (Å²) in [7, 11) is 0. The molecule has 0 aliphatic rings. The zero-order valence-corrected chi connectivity index (χ0v) is 21.1. The van der Waals surface area contributed by atoms with Gasteiger partial charge < -0.3 is 14.5 Å². The first-order valence-corrected chi connectivity index (χ1v) is 11.7. The van der Waals surface area contributed by atoms with Gasteiger partial charge in [-0.2, -0.15) is 0 Å². The summed E-state index contributed by atoms with van der Waals surface area (Å²) < 4.78 is 12.8. The predicted octanol–water partition coefficient (Wildman–Crippen LogP) is 3.65. The SMILES string of the molecule is CC(C)(C)OC(=O)CCCN(CCCC(=O)OC(C)(C)C)Cc1cnc2c3[nH]cnc3ncn12. The zero-order chi connectivity index (χ0) is 24.9. The Morgan fingerprint density at radius 3 is 2.09 bits per heavy atom. The van der Waals surface area contributed by atoms with Gasteiger partial charge >= 0.3 is 11.9 Å². The van der Waals surface area contributed by atoms with Gasteiger partial charge in [0.15, 0.2) is 11.3 Å². The van der Waals surface area contributed by atoms with Crippen molar-refractivity contribution in [2.75, 3.05) is 13.1 Å². The highest BCUT2D eigenvalue weighted by Gasteiger charge is 2.19. The topological polar surface area (TPSA) is 115 Å². The number of aromatic nitrogens is 5. The molecule has 0 atom stereocenters. The molecule has 0 saturated carbocycles. The van der Waals surface area contributed by atoms with Crippen molar-refractivity contribution in [3.63, 3.8) is 0 Å². The van der Waals surface area contributed by atoms with Crippen LogP contribution in [0.5, 0.6) is 0 Å². The second-order valence-corrected chi connectivity index (χ2v) is 10.4. The number of imidazole rings is 2. The van der Waals surface area contributed by atoms with E-state index in [2.05, 4.69) is 24.8 Å². The van der Waals surface area contributed by atoms with Gasteiger partial charge in [0.05, 0.1) is 18.2 Å². The highest BCUT2D eigenvalue weighted by atomic mass is 16.6. The van der Waals surface area contributed by atoms with Gasteiger partial charge in [-0.05, 0) is 67.5 Å². The minimum absolute atomic E-state index is 0.207. The number of nitrogens with one attached hydrogen (secondary N) is 1. The molecule has 0 saturated heterocycles. The molecule has 3 heterocycles. The molecule has 0 fully saturated rings. The van der Waals surface area contributed by atoms with Crippen molar-refractivity contribution in [3.05, 3.63) is 24.5 Å². The maximum absolute atomic E-state index is 12.1. The maximum atomic E-state index is 12.1. The number of carbonyl (C=O) groups is 2. The number of rotatable bonds is 10. The van der Waals surface area contributed by atoms with Gasteiger partial charge in [-0.15, -0.1) is 0 Å². The first-order valence-electron chi connectivity index (χ1n) is 11.7. The molecule has 0 bridgehead atoms. The van der Waals surface area contributed by atoms with Crippen LogP contribution in [0.4, 0.5) is 0 Å². The lowest BCUT2D eigenvalue weighted by molar-refractivity contribution is -0.155. The van der Waals surface area contributed by atoms with E-state index in [1.54, 1.807) is 12.7 Å². The molecule has 3 aromatic heterocycles. The summed E-state index contributed by atoms with van der Waals surface area (Å²) in [6, 6.07) is 0. The van der Waals surface area contributed by atoms with E-state index in [9.17, 15) is 9.59 Å². The minimum Gasteiger partial charge on any atom is -0.460 e. The molecule has 3 aromatic rings. The lowest BCUT2D eigenvalue weighted by atomic mass is 10.2. The molecule has 3 rings (SSSR count). The summed E-state index contributed by atoms with van der Waals surface area (Å²) in [6.45, 7) is 13.2. The molecule has 0 amide bonds. The second kappa shape index (κ2) is 10.5. The number of aromatic amines is 1. The first kappa shape index (κ1) is 25.6. The molecule has 0 unspecified atom stereocenters. The van der Waals surface area contributed by atoms with Crippen LogP contribution in [-0.4, -0.2) is 65.5 Å². The Kier molecular flexibility index (Phi) is 7.91. The van der Waals surface area contributed by atoms with Crippen LogP contribution in [0.3, 0.4) is 0 Å². The number of hydrogen-bond acceptors (Lipinski definition) is 8. The molecular weight excluding hydrogens is 436 g/mol. The summed E-state index contributed by atoms with van der Waals surface area (Å²) in [5.41, 5.74) is 2.15. The van der Waals surface area contributed by atoms with Crippen LogP contribution >= 0.6 is 0 Å². The van der Waals surface area contributed by atoms with E-state index in [4.69, 9.17) is 9.47 Å². The Bertz CT molecular complexity index is 1090. The average molecular weight is 473 g/mol. The molecule has 0 aliphatic heterocycles. The molecule has 10 heteroatoms. The molecule has 0 spiro atoms. The van der Waals surface area contributed by atoms with Crippen molar-refractivity contribution in [1.82, 2.24) is 29.2 Å².